The number of aliphatic carboxylic acids is 1. The number of rotatable bonds is 2. The number of nitrogens with zero attached hydrogens (tertiary/aromatic N) is 1. The maximum absolute atomic E-state index is 12.2. The highest BCUT2D eigenvalue weighted by molar-refractivity contribution is 8.00. The summed E-state index contributed by atoms with van der Waals surface area (Å²) in [6, 6.07) is -0.766. The largest absolute Gasteiger partial charge is 0.480 e. The third-order valence-corrected chi connectivity index (χ3v) is 4.31. The summed E-state index contributed by atoms with van der Waals surface area (Å²) < 4.78 is 0. The zero-order valence-corrected chi connectivity index (χ0v) is 10.2. The molecular weight excluding hydrogens is 244 g/mol. The van der Waals surface area contributed by atoms with Crippen LogP contribution in [0.25, 0.3) is 0 Å². The van der Waals surface area contributed by atoms with Crippen LogP contribution in [-0.2, 0) is 14.4 Å². The van der Waals surface area contributed by atoms with Crippen molar-refractivity contribution in [3.63, 3.8) is 0 Å². The van der Waals surface area contributed by atoms with E-state index in [1.807, 2.05) is 6.92 Å². The van der Waals surface area contributed by atoms with Crippen LogP contribution in [0.1, 0.15) is 13.3 Å². The first-order valence-corrected chi connectivity index (χ1v) is 6.49. The van der Waals surface area contributed by atoms with Gasteiger partial charge in [0.25, 0.3) is 0 Å². The lowest BCUT2D eigenvalue weighted by atomic mass is 10.1. The van der Waals surface area contributed by atoms with Gasteiger partial charge >= 0.3 is 5.97 Å². The molecule has 2 aliphatic rings. The number of carbonyl (C=O) groups excluding carboxylic acids is 2. The van der Waals surface area contributed by atoms with Crippen molar-refractivity contribution in [1.82, 2.24) is 10.2 Å². The topological polar surface area (TPSA) is 86.7 Å². The van der Waals surface area contributed by atoms with Crippen molar-refractivity contribution >= 4 is 29.5 Å². The number of carbonyl (C=O) groups is 3. The standard InChI is InChI=1S/C10H14N2O4S/c1-5-12(7(4-17-5)10(15)16)9(14)6-2-8(13)11-3-6/h5-7H,2-4H2,1H3,(H,11,13)(H,15,16). The normalized spacial score (nSPS) is 32.6. The van der Waals surface area contributed by atoms with Gasteiger partial charge < -0.3 is 15.3 Å². The number of carboxylic acids is 1. The van der Waals surface area contributed by atoms with Gasteiger partial charge in [-0.25, -0.2) is 4.79 Å². The van der Waals surface area contributed by atoms with Gasteiger partial charge in [0.15, 0.2) is 0 Å². The first-order valence-electron chi connectivity index (χ1n) is 5.44. The number of thioether (sulfide) groups is 1. The predicted molar refractivity (Wildman–Crippen MR) is 61.3 cm³/mol. The van der Waals surface area contributed by atoms with Crippen LogP contribution in [0.4, 0.5) is 0 Å². The van der Waals surface area contributed by atoms with Gasteiger partial charge in [0.05, 0.1) is 11.3 Å². The molecule has 0 radical (unpaired) electrons. The molecule has 2 rings (SSSR count). The first kappa shape index (κ1) is 12.2. The van der Waals surface area contributed by atoms with E-state index >= 15 is 0 Å². The minimum Gasteiger partial charge on any atom is -0.480 e. The molecule has 0 aliphatic carbocycles. The van der Waals surface area contributed by atoms with Gasteiger partial charge in [-0.3, -0.25) is 9.59 Å². The lowest BCUT2D eigenvalue weighted by molar-refractivity contribution is -0.150. The Morgan fingerprint density at radius 1 is 1.53 bits per heavy atom. The Labute approximate surface area is 103 Å². The van der Waals surface area contributed by atoms with E-state index < -0.39 is 17.9 Å². The molecule has 94 valence electrons. The predicted octanol–water partition coefficient (Wildman–Crippen LogP) is -0.503. The molecule has 2 fully saturated rings. The second-order valence-corrected chi connectivity index (χ2v) is 5.59. The van der Waals surface area contributed by atoms with Crippen LogP contribution in [0.2, 0.25) is 0 Å². The fourth-order valence-corrected chi connectivity index (χ4v) is 3.33. The zero-order valence-electron chi connectivity index (χ0n) is 9.38. The summed E-state index contributed by atoms with van der Waals surface area (Å²) in [5, 5.41) is 11.5. The van der Waals surface area contributed by atoms with Gasteiger partial charge in [0.1, 0.15) is 6.04 Å². The van der Waals surface area contributed by atoms with E-state index in [4.69, 9.17) is 5.11 Å². The summed E-state index contributed by atoms with van der Waals surface area (Å²) >= 11 is 1.45. The summed E-state index contributed by atoms with van der Waals surface area (Å²) in [6.07, 6.45) is 0.166. The number of nitrogens with one attached hydrogen (secondary N) is 1. The average Bonchev–Trinajstić information content (AvgIpc) is 2.83. The van der Waals surface area contributed by atoms with Crippen LogP contribution in [0.3, 0.4) is 0 Å². The van der Waals surface area contributed by atoms with Gasteiger partial charge in [0, 0.05) is 18.7 Å². The van der Waals surface area contributed by atoms with Crippen LogP contribution in [0, 0.1) is 5.92 Å². The fourth-order valence-electron chi connectivity index (χ4n) is 2.16. The number of hydrogen-bond donors (Lipinski definition) is 2. The van der Waals surface area contributed by atoms with E-state index in [9.17, 15) is 14.4 Å². The molecule has 0 aromatic rings. The Kier molecular flexibility index (Phi) is 3.28. The second-order valence-electron chi connectivity index (χ2n) is 4.24. The molecule has 2 amide bonds. The molecule has 2 saturated heterocycles. The quantitative estimate of drug-likeness (QED) is 0.697. The summed E-state index contributed by atoms with van der Waals surface area (Å²) in [7, 11) is 0. The lowest BCUT2D eigenvalue weighted by Crippen LogP contribution is -2.47. The SMILES string of the molecule is CC1SCC(C(=O)O)N1C(=O)C1CNC(=O)C1. The van der Waals surface area contributed by atoms with E-state index in [0.717, 1.165) is 0 Å². The lowest BCUT2D eigenvalue weighted by Gasteiger charge is -2.27. The van der Waals surface area contributed by atoms with Crippen molar-refractivity contribution in [3.8, 4) is 0 Å². The van der Waals surface area contributed by atoms with Crippen molar-refractivity contribution in [2.45, 2.75) is 24.8 Å². The van der Waals surface area contributed by atoms with Crippen LogP contribution in [-0.4, -0.2) is 51.5 Å². The van der Waals surface area contributed by atoms with Crippen LogP contribution >= 0.6 is 11.8 Å². The first-order chi connectivity index (χ1) is 8.00. The monoisotopic (exact) mass is 258 g/mol. The van der Waals surface area contributed by atoms with Crippen LogP contribution in [0.5, 0.6) is 0 Å². The van der Waals surface area contributed by atoms with Gasteiger partial charge in [-0.15, -0.1) is 11.8 Å². The smallest absolute Gasteiger partial charge is 0.327 e. The summed E-state index contributed by atoms with van der Waals surface area (Å²) in [6.45, 7) is 2.13. The van der Waals surface area contributed by atoms with Crippen LogP contribution < -0.4 is 5.32 Å². The molecule has 2 N–H and O–H groups in total. The highest BCUT2D eigenvalue weighted by Gasteiger charge is 2.43. The van der Waals surface area contributed by atoms with Gasteiger partial charge in [-0.05, 0) is 6.92 Å². The third-order valence-electron chi connectivity index (χ3n) is 3.09. The maximum Gasteiger partial charge on any atom is 0.327 e. The Bertz CT molecular complexity index is 373. The van der Waals surface area contributed by atoms with Gasteiger partial charge in [0.2, 0.25) is 11.8 Å². The van der Waals surface area contributed by atoms with E-state index in [1.54, 1.807) is 0 Å². The van der Waals surface area contributed by atoms with Gasteiger partial charge in [-0.2, -0.15) is 0 Å². The summed E-state index contributed by atoms with van der Waals surface area (Å²) in [5.74, 6) is -1.35. The minimum atomic E-state index is -0.979. The van der Waals surface area contributed by atoms with E-state index in [-0.39, 0.29) is 23.6 Å². The second kappa shape index (κ2) is 4.56. The molecule has 0 saturated carbocycles. The molecule has 2 heterocycles. The van der Waals surface area contributed by atoms with Crippen molar-refractivity contribution < 1.29 is 19.5 Å². The van der Waals surface area contributed by atoms with E-state index in [0.29, 0.717) is 12.3 Å². The van der Waals surface area contributed by atoms with E-state index in [1.165, 1.54) is 16.7 Å². The Morgan fingerprint density at radius 2 is 2.24 bits per heavy atom. The molecular formula is C10H14N2O4S. The maximum atomic E-state index is 12.2. The Morgan fingerprint density at radius 3 is 2.76 bits per heavy atom. The molecule has 0 aromatic carbocycles. The third kappa shape index (κ3) is 2.24. The molecule has 0 bridgehead atoms. The highest BCUT2D eigenvalue weighted by Crippen LogP contribution is 2.31. The number of carboxylic acid groups (broad SMARTS) is 1. The summed E-state index contributed by atoms with van der Waals surface area (Å²) in [4.78, 5) is 35.7. The Hall–Kier alpha value is -1.24. The average molecular weight is 258 g/mol. The molecule has 7 heteroatoms. The van der Waals surface area contributed by atoms with Crippen molar-refractivity contribution in [1.29, 1.82) is 0 Å². The molecule has 3 atom stereocenters. The number of hydrogen-bond acceptors (Lipinski definition) is 4. The van der Waals surface area contributed by atoms with Gasteiger partial charge in [-0.1, -0.05) is 0 Å². The molecule has 2 aliphatic heterocycles. The number of amides is 2. The molecule has 6 nitrogen and oxygen atoms in total. The van der Waals surface area contributed by atoms with Crippen LogP contribution in [0.15, 0.2) is 0 Å². The Balaban J connectivity index is 2.11. The fraction of sp³-hybridized carbons (Fsp3) is 0.700. The van der Waals surface area contributed by atoms with Crippen molar-refractivity contribution in [2.24, 2.45) is 5.92 Å². The van der Waals surface area contributed by atoms with E-state index in [2.05, 4.69) is 5.32 Å². The van der Waals surface area contributed by atoms with Crippen molar-refractivity contribution in [3.05, 3.63) is 0 Å². The molecule has 3 unspecified atom stereocenters. The molecule has 17 heavy (non-hydrogen) atoms. The minimum absolute atomic E-state index is 0.140. The summed E-state index contributed by atoms with van der Waals surface area (Å²) in [5.41, 5.74) is 0. The zero-order chi connectivity index (χ0) is 12.6. The van der Waals surface area contributed by atoms with Crippen molar-refractivity contribution in [2.75, 3.05) is 12.3 Å². The molecule has 0 aromatic heterocycles. The molecule has 0 spiro atoms. The highest BCUT2D eigenvalue weighted by atomic mass is 32.2.